The summed E-state index contributed by atoms with van der Waals surface area (Å²) in [6, 6.07) is 32.0. The molecule has 5 nitrogen and oxygen atoms in total. The highest BCUT2D eigenvalue weighted by Crippen LogP contribution is 2.63. The fourth-order valence-corrected chi connectivity index (χ4v) is 13.8. The van der Waals surface area contributed by atoms with E-state index in [2.05, 4.69) is 93.0 Å². The number of para-hydroxylation sites is 1. The number of nitrogens with one attached hydrogen (secondary N) is 1. The van der Waals surface area contributed by atoms with Crippen LogP contribution >= 0.6 is 15.4 Å². The molecule has 5 heterocycles. The fourth-order valence-electron chi connectivity index (χ4n) is 7.51. The van der Waals surface area contributed by atoms with Gasteiger partial charge in [-0.2, -0.15) is 8.90 Å². The molecule has 4 aliphatic rings. The van der Waals surface area contributed by atoms with Crippen LogP contribution in [0, 0.1) is 0 Å². The summed E-state index contributed by atoms with van der Waals surface area (Å²) >= 11 is 0. The first-order valence-electron chi connectivity index (χ1n) is 15.2. The van der Waals surface area contributed by atoms with Crippen molar-refractivity contribution in [3.63, 3.8) is 0 Å². The molecule has 7 heteroatoms. The van der Waals surface area contributed by atoms with Gasteiger partial charge in [0.2, 0.25) is 8.22 Å². The Morgan fingerprint density at radius 3 is 2.61 bits per heavy atom. The molecule has 44 heavy (non-hydrogen) atoms. The summed E-state index contributed by atoms with van der Waals surface area (Å²) in [5, 5.41) is 9.20. The first kappa shape index (κ1) is 25.0. The van der Waals surface area contributed by atoms with E-state index in [1.54, 1.807) is 0 Å². The average molecular weight is 609 g/mol. The number of aromatic nitrogens is 2. The SMILES string of the molecule is CC=CC=C1NP2c3c(ccc4c3P1(=O)c1ccccc1-4)Oc1ccc3c4ccccc4n(c3c1C1CC1)-c1cccc[n+]12. The fraction of sp³-hybridized carbons (Fsp3) is 0.108. The lowest BCUT2D eigenvalue weighted by Crippen LogP contribution is -2.49. The third-order valence-electron chi connectivity index (χ3n) is 9.48. The molecule has 3 aliphatic heterocycles. The zero-order chi connectivity index (χ0) is 29.2. The van der Waals surface area contributed by atoms with Crippen LogP contribution in [0.3, 0.4) is 0 Å². The molecule has 2 atom stereocenters. The van der Waals surface area contributed by atoms with E-state index in [1.165, 1.54) is 27.4 Å². The largest absolute Gasteiger partial charge is 0.456 e. The molecule has 0 amide bonds. The molecule has 4 aromatic carbocycles. The van der Waals surface area contributed by atoms with E-state index >= 15 is 4.57 Å². The number of benzene rings is 4. The van der Waals surface area contributed by atoms with Crippen LogP contribution in [-0.2, 0) is 4.57 Å². The number of ether oxygens (including phenoxy) is 1. The Morgan fingerprint density at radius 1 is 0.909 bits per heavy atom. The molecule has 0 saturated heterocycles. The summed E-state index contributed by atoms with van der Waals surface area (Å²) in [6.07, 6.45) is 10.5. The summed E-state index contributed by atoms with van der Waals surface area (Å²) in [5.74, 6) is 3.22. The quantitative estimate of drug-likeness (QED) is 0.204. The molecule has 1 N–H and O–H groups in total. The minimum absolute atomic E-state index is 0.449. The molecule has 0 spiro atoms. The van der Waals surface area contributed by atoms with Gasteiger partial charge >= 0.3 is 0 Å². The van der Waals surface area contributed by atoms with Crippen LogP contribution in [0.1, 0.15) is 31.2 Å². The normalized spacial score (nSPS) is 21.8. The number of pyridine rings is 1. The first-order valence-corrected chi connectivity index (χ1v) is 18.2. The maximum absolute atomic E-state index is 15.7. The predicted molar refractivity (Wildman–Crippen MR) is 180 cm³/mol. The molecule has 2 aromatic heterocycles. The lowest BCUT2D eigenvalue weighted by molar-refractivity contribution is -0.504. The van der Waals surface area contributed by atoms with Crippen molar-refractivity contribution >= 4 is 53.1 Å². The van der Waals surface area contributed by atoms with Crippen LogP contribution in [0.15, 0.2) is 121 Å². The van der Waals surface area contributed by atoms with Crippen molar-refractivity contribution in [2.75, 3.05) is 0 Å². The average Bonchev–Trinajstić information content (AvgIpc) is 3.80. The molecular weight excluding hydrogens is 580 g/mol. The Labute approximate surface area is 256 Å². The lowest BCUT2D eigenvalue weighted by Gasteiger charge is -2.33. The number of hydrogen-bond donors (Lipinski definition) is 1. The molecule has 212 valence electrons. The maximum Gasteiger partial charge on any atom is 0.290 e. The van der Waals surface area contributed by atoms with E-state index in [1.807, 2.05) is 43.4 Å². The van der Waals surface area contributed by atoms with Crippen LogP contribution in [0.4, 0.5) is 0 Å². The molecule has 1 fully saturated rings. The minimum atomic E-state index is -3.19. The van der Waals surface area contributed by atoms with E-state index in [9.17, 15) is 0 Å². The number of nitrogens with zero attached hydrogens (tertiary/aromatic N) is 2. The van der Waals surface area contributed by atoms with Crippen LogP contribution in [0.25, 0.3) is 38.8 Å². The molecule has 10 rings (SSSR count). The van der Waals surface area contributed by atoms with E-state index < -0.39 is 15.4 Å². The Balaban J connectivity index is 1.39. The van der Waals surface area contributed by atoms with Gasteiger partial charge in [0.05, 0.1) is 16.9 Å². The van der Waals surface area contributed by atoms with Gasteiger partial charge in [-0.1, -0.05) is 54.6 Å². The third-order valence-corrected chi connectivity index (χ3v) is 15.0. The molecular formula is C37H28N3O2P2+. The highest BCUT2D eigenvalue weighted by atomic mass is 31.2. The van der Waals surface area contributed by atoms with Crippen LogP contribution in [0.2, 0.25) is 0 Å². The van der Waals surface area contributed by atoms with E-state index in [-0.39, 0.29) is 0 Å². The van der Waals surface area contributed by atoms with Gasteiger partial charge in [0, 0.05) is 33.0 Å². The van der Waals surface area contributed by atoms with E-state index in [0.29, 0.717) is 5.92 Å². The zero-order valence-corrected chi connectivity index (χ0v) is 25.9. The van der Waals surface area contributed by atoms with Crippen molar-refractivity contribution in [3.05, 3.63) is 126 Å². The summed E-state index contributed by atoms with van der Waals surface area (Å²) in [5.41, 5.74) is 6.55. The Kier molecular flexibility index (Phi) is 5.00. The van der Waals surface area contributed by atoms with Gasteiger partial charge in [-0.3, -0.25) is 0 Å². The van der Waals surface area contributed by atoms with Crippen molar-refractivity contribution in [2.45, 2.75) is 25.7 Å². The van der Waals surface area contributed by atoms with Crippen LogP contribution in [-0.4, -0.2) is 4.57 Å². The summed E-state index contributed by atoms with van der Waals surface area (Å²) in [4.78, 5) is 0. The van der Waals surface area contributed by atoms with Gasteiger partial charge in [-0.05, 0) is 85.4 Å². The number of rotatable bonds is 2. The number of fused-ring (bicyclic) bond motifs is 10. The Bertz CT molecular complexity index is 2360. The number of allylic oxidation sites excluding steroid dienone is 3. The molecule has 6 aromatic rings. The van der Waals surface area contributed by atoms with Crippen molar-refractivity contribution in [1.29, 1.82) is 0 Å². The van der Waals surface area contributed by atoms with Gasteiger partial charge in [-0.15, -0.1) is 0 Å². The van der Waals surface area contributed by atoms with Gasteiger partial charge in [-0.25, -0.2) is 0 Å². The van der Waals surface area contributed by atoms with Crippen LogP contribution in [0.5, 0.6) is 11.5 Å². The Hall–Kier alpha value is -4.43. The van der Waals surface area contributed by atoms with Gasteiger partial charge in [0.25, 0.3) is 5.82 Å². The van der Waals surface area contributed by atoms with Gasteiger partial charge < -0.3 is 14.4 Å². The van der Waals surface area contributed by atoms with E-state index in [0.717, 1.165) is 62.6 Å². The van der Waals surface area contributed by atoms with Crippen molar-refractivity contribution in [3.8, 4) is 28.4 Å². The van der Waals surface area contributed by atoms with Crippen molar-refractivity contribution < 1.29 is 13.6 Å². The van der Waals surface area contributed by atoms with Crippen molar-refractivity contribution in [1.82, 2.24) is 9.65 Å². The third kappa shape index (κ3) is 3.09. The highest BCUT2D eigenvalue weighted by molar-refractivity contribution is 7.86. The smallest absolute Gasteiger partial charge is 0.290 e. The minimum Gasteiger partial charge on any atom is -0.456 e. The topological polar surface area (TPSA) is 47.1 Å². The molecule has 2 unspecified atom stereocenters. The first-order chi connectivity index (χ1) is 21.7. The predicted octanol–water partition coefficient (Wildman–Crippen LogP) is 7.85. The summed E-state index contributed by atoms with van der Waals surface area (Å²) in [7, 11) is -4.47. The van der Waals surface area contributed by atoms with Gasteiger partial charge in [0.1, 0.15) is 22.5 Å². The monoisotopic (exact) mass is 608 g/mol. The van der Waals surface area contributed by atoms with Crippen LogP contribution < -0.4 is 30.1 Å². The van der Waals surface area contributed by atoms with E-state index in [4.69, 9.17) is 4.74 Å². The molecule has 0 radical (unpaired) electrons. The molecule has 1 saturated carbocycles. The van der Waals surface area contributed by atoms with Crippen molar-refractivity contribution in [2.24, 2.45) is 0 Å². The zero-order valence-electron chi connectivity index (χ0n) is 24.1. The number of hydrogen-bond acceptors (Lipinski definition) is 3. The Morgan fingerprint density at radius 2 is 1.73 bits per heavy atom. The van der Waals surface area contributed by atoms with Gasteiger partial charge in [0.15, 0.2) is 7.14 Å². The highest BCUT2D eigenvalue weighted by Gasteiger charge is 2.52. The standard InChI is InChI=1S/C37H28N3O2P2/c1-2-3-14-32-38-43-36-30(21-19-27-25-11-5-7-13-31(25)44(32,41)37(27)36)42-29-20-18-26-24-10-4-6-12-28(24)40(33-15-8-9-22-39(33)43)35(26)34(29)23-16-17-23/h2-15,18-23,38H,16-17H2,1H3/q+1. The summed E-state index contributed by atoms with van der Waals surface area (Å²) in [6.45, 7) is 2.00. The molecule has 2 bridgehead atoms. The lowest BCUT2D eigenvalue weighted by atomic mass is 10.0. The molecule has 1 aliphatic carbocycles. The second-order valence-corrected chi connectivity index (χ2v) is 16.3. The maximum atomic E-state index is 15.7. The second kappa shape index (κ2) is 8.82. The second-order valence-electron chi connectivity index (χ2n) is 11.9. The summed E-state index contributed by atoms with van der Waals surface area (Å²) < 4.78 is 27.6.